The van der Waals surface area contributed by atoms with E-state index in [2.05, 4.69) is 0 Å². The molecule has 5 heteroatoms. The molecule has 0 unspecified atom stereocenters. The van der Waals surface area contributed by atoms with Gasteiger partial charge < -0.3 is 15.1 Å². The standard InChI is InChI=1S/C13H18ClNO3/c1-15(8-4-2-3-7-14)13(18)10-5-6-11(16)12(17)9-10/h5-6,9,16-17H,2-4,7-8H2,1H3. The Kier molecular flexibility index (Phi) is 5.78. The van der Waals surface area contributed by atoms with Crippen LogP contribution in [0.4, 0.5) is 0 Å². The first kappa shape index (κ1) is 14.6. The van der Waals surface area contributed by atoms with E-state index in [9.17, 15) is 15.0 Å². The van der Waals surface area contributed by atoms with E-state index in [4.69, 9.17) is 11.6 Å². The minimum Gasteiger partial charge on any atom is -0.504 e. The van der Waals surface area contributed by atoms with Crippen molar-refractivity contribution in [1.82, 2.24) is 4.90 Å². The molecular weight excluding hydrogens is 254 g/mol. The van der Waals surface area contributed by atoms with Crippen molar-refractivity contribution in [3.63, 3.8) is 0 Å². The third-order valence-electron chi connectivity index (χ3n) is 2.70. The minimum atomic E-state index is -0.281. The first-order valence-corrected chi connectivity index (χ1v) is 6.43. The number of unbranched alkanes of at least 4 members (excludes halogenated alkanes) is 2. The fourth-order valence-corrected chi connectivity index (χ4v) is 1.79. The van der Waals surface area contributed by atoms with Crippen molar-refractivity contribution in [3.8, 4) is 11.5 Å². The van der Waals surface area contributed by atoms with Crippen LogP contribution in [0.1, 0.15) is 29.6 Å². The van der Waals surface area contributed by atoms with E-state index in [0.29, 0.717) is 18.0 Å². The molecular formula is C13H18ClNO3. The number of amides is 1. The van der Waals surface area contributed by atoms with Crippen LogP contribution >= 0.6 is 11.6 Å². The zero-order chi connectivity index (χ0) is 13.5. The smallest absolute Gasteiger partial charge is 0.253 e. The number of aromatic hydroxyl groups is 2. The van der Waals surface area contributed by atoms with Crippen molar-refractivity contribution in [1.29, 1.82) is 0 Å². The number of hydrogen-bond acceptors (Lipinski definition) is 3. The highest BCUT2D eigenvalue weighted by Crippen LogP contribution is 2.25. The molecule has 100 valence electrons. The van der Waals surface area contributed by atoms with E-state index < -0.39 is 0 Å². The van der Waals surface area contributed by atoms with Crippen molar-refractivity contribution < 1.29 is 15.0 Å². The molecule has 4 nitrogen and oxygen atoms in total. The Morgan fingerprint density at radius 3 is 2.56 bits per heavy atom. The van der Waals surface area contributed by atoms with E-state index in [1.165, 1.54) is 18.2 Å². The van der Waals surface area contributed by atoms with Crippen LogP contribution < -0.4 is 0 Å². The molecule has 0 saturated carbocycles. The van der Waals surface area contributed by atoms with Crippen LogP contribution in [0.3, 0.4) is 0 Å². The average Bonchev–Trinajstić information content (AvgIpc) is 2.37. The van der Waals surface area contributed by atoms with Gasteiger partial charge in [-0.05, 0) is 31.0 Å². The molecule has 0 fully saturated rings. The molecule has 1 aromatic carbocycles. The maximum absolute atomic E-state index is 12.0. The van der Waals surface area contributed by atoms with Crippen LogP contribution in [-0.4, -0.2) is 40.5 Å². The van der Waals surface area contributed by atoms with Gasteiger partial charge in [-0.3, -0.25) is 4.79 Å². The Balaban J connectivity index is 2.54. The molecule has 0 aromatic heterocycles. The van der Waals surface area contributed by atoms with Gasteiger partial charge in [0.1, 0.15) is 0 Å². The van der Waals surface area contributed by atoms with Gasteiger partial charge in [-0.2, -0.15) is 0 Å². The number of rotatable bonds is 6. The number of alkyl halides is 1. The van der Waals surface area contributed by atoms with E-state index in [0.717, 1.165) is 19.3 Å². The molecule has 1 rings (SSSR count). The van der Waals surface area contributed by atoms with E-state index >= 15 is 0 Å². The Hall–Kier alpha value is -1.42. The fourth-order valence-electron chi connectivity index (χ4n) is 1.60. The summed E-state index contributed by atoms with van der Waals surface area (Å²) in [4.78, 5) is 13.6. The number of phenolic OH excluding ortho intramolecular Hbond substituents is 2. The van der Waals surface area contributed by atoms with Gasteiger partial charge >= 0.3 is 0 Å². The SMILES string of the molecule is CN(CCCCCCl)C(=O)c1ccc(O)c(O)c1. The summed E-state index contributed by atoms with van der Waals surface area (Å²) in [5.41, 5.74) is 0.366. The lowest BCUT2D eigenvalue weighted by atomic mass is 10.1. The molecule has 1 aromatic rings. The van der Waals surface area contributed by atoms with Crippen molar-refractivity contribution in [3.05, 3.63) is 23.8 Å². The summed E-state index contributed by atoms with van der Waals surface area (Å²) in [5, 5.41) is 18.5. The number of carbonyl (C=O) groups excluding carboxylic acids is 1. The highest BCUT2D eigenvalue weighted by atomic mass is 35.5. The Morgan fingerprint density at radius 2 is 1.94 bits per heavy atom. The number of phenols is 2. The lowest BCUT2D eigenvalue weighted by Gasteiger charge is -2.17. The highest BCUT2D eigenvalue weighted by Gasteiger charge is 2.13. The van der Waals surface area contributed by atoms with E-state index in [1.54, 1.807) is 11.9 Å². The van der Waals surface area contributed by atoms with Gasteiger partial charge in [-0.1, -0.05) is 6.42 Å². The predicted molar refractivity (Wildman–Crippen MR) is 71.3 cm³/mol. The van der Waals surface area contributed by atoms with Crippen molar-refractivity contribution in [2.75, 3.05) is 19.5 Å². The predicted octanol–water partition coefficient (Wildman–Crippen LogP) is 2.58. The maximum Gasteiger partial charge on any atom is 0.253 e. The van der Waals surface area contributed by atoms with E-state index in [1.807, 2.05) is 0 Å². The van der Waals surface area contributed by atoms with Gasteiger partial charge in [0.2, 0.25) is 0 Å². The number of carbonyl (C=O) groups is 1. The lowest BCUT2D eigenvalue weighted by molar-refractivity contribution is 0.0792. The van der Waals surface area contributed by atoms with Gasteiger partial charge in [-0.25, -0.2) is 0 Å². The molecule has 0 aliphatic carbocycles. The van der Waals surface area contributed by atoms with Crippen LogP contribution in [-0.2, 0) is 0 Å². The first-order valence-electron chi connectivity index (χ1n) is 5.89. The van der Waals surface area contributed by atoms with Gasteiger partial charge in [0.15, 0.2) is 11.5 Å². The van der Waals surface area contributed by atoms with Crippen LogP contribution in [0.15, 0.2) is 18.2 Å². The molecule has 2 N–H and O–H groups in total. The van der Waals surface area contributed by atoms with Crippen LogP contribution in [0.25, 0.3) is 0 Å². The second kappa shape index (κ2) is 7.11. The fraction of sp³-hybridized carbons (Fsp3) is 0.462. The molecule has 0 aliphatic rings. The second-order valence-corrected chi connectivity index (χ2v) is 4.56. The number of nitrogens with zero attached hydrogens (tertiary/aromatic N) is 1. The number of hydrogen-bond donors (Lipinski definition) is 2. The zero-order valence-corrected chi connectivity index (χ0v) is 11.2. The molecule has 0 heterocycles. The van der Waals surface area contributed by atoms with E-state index in [-0.39, 0.29) is 17.4 Å². The van der Waals surface area contributed by atoms with Gasteiger partial charge in [-0.15, -0.1) is 11.6 Å². The van der Waals surface area contributed by atoms with Crippen molar-refractivity contribution in [2.45, 2.75) is 19.3 Å². The normalized spacial score (nSPS) is 10.3. The third kappa shape index (κ3) is 4.11. The lowest BCUT2D eigenvalue weighted by Crippen LogP contribution is -2.27. The van der Waals surface area contributed by atoms with Crippen LogP contribution in [0, 0.1) is 0 Å². The quantitative estimate of drug-likeness (QED) is 0.475. The topological polar surface area (TPSA) is 60.8 Å². The van der Waals surface area contributed by atoms with Crippen molar-refractivity contribution >= 4 is 17.5 Å². The molecule has 0 radical (unpaired) electrons. The molecule has 0 aliphatic heterocycles. The number of benzene rings is 1. The average molecular weight is 272 g/mol. The largest absolute Gasteiger partial charge is 0.504 e. The molecule has 0 bridgehead atoms. The summed E-state index contributed by atoms with van der Waals surface area (Å²) >= 11 is 5.58. The number of halogens is 1. The summed E-state index contributed by atoms with van der Waals surface area (Å²) in [6, 6.07) is 4.07. The molecule has 0 atom stereocenters. The van der Waals surface area contributed by atoms with Gasteiger partial charge in [0, 0.05) is 25.0 Å². The molecule has 18 heavy (non-hydrogen) atoms. The summed E-state index contributed by atoms with van der Waals surface area (Å²) < 4.78 is 0. The minimum absolute atomic E-state index is 0.170. The Morgan fingerprint density at radius 1 is 1.22 bits per heavy atom. The van der Waals surface area contributed by atoms with Gasteiger partial charge in [0.05, 0.1) is 0 Å². The summed E-state index contributed by atoms with van der Waals surface area (Å²) in [5.74, 6) is -0.0346. The zero-order valence-electron chi connectivity index (χ0n) is 10.4. The van der Waals surface area contributed by atoms with Gasteiger partial charge in [0.25, 0.3) is 5.91 Å². The van der Waals surface area contributed by atoms with Crippen LogP contribution in [0.2, 0.25) is 0 Å². The summed E-state index contributed by atoms with van der Waals surface area (Å²) in [6.45, 7) is 0.650. The summed E-state index contributed by atoms with van der Waals surface area (Å²) in [6.07, 6.45) is 2.84. The summed E-state index contributed by atoms with van der Waals surface area (Å²) in [7, 11) is 1.72. The van der Waals surface area contributed by atoms with Crippen LogP contribution in [0.5, 0.6) is 11.5 Å². The van der Waals surface area contributed by atoms with Crippen molar-refractivity contribution in [2.24, 2.45) is 0 Å². The second-order valence-electron chi connectivity index (χ2n) is 4.18. The molecule has 1 amide bonds. The maximum atomic E-state index is 12.0. The first-order chi connectivity index (χ1) is 8.56. The molecule has 0 saturated heterocycles. The Labute approximate surface area is 112 Å². The Bertz CT molecular complexity index is 409. The highest BCUT2D eigenvalue weighted by molar-refractivity contribution is 6.17. The monoisotopic (exact) mass is 271 g/mol. The molecule has 0 spiro atoms. The third-order valence-corrected chi connectivity index (χ3v) is 2.96.